The van der Waals surface area contributed by atoms with Crippen LogP contribution in [0.15, 0.2) is 0 Å². The molecule has 0 spiro atoms. The van der Waals surface area contributed by atoms with Crippen LogP contribution in [0.25, 0.3) is 0 Å². The maximum atomic E-state index is 3.34. The van der Waals surface area contributed by atoms with E-state index in [1.54, 1.807) is 0 Å². The quantitative estimate of drug-likeness (QED) is 0.624. The first-order valence-electron chi connectivity index (χ1n) is 8.45. The van der Waals surface area contributed by atoms with Crippen LogP contribution in [0, 0.1) is 0 Å². The second-order valence-electron chi connectivity index (χ2n) is 6.15. The minimum atomic E-state index is 0. The fourth-order valence-electron chi connectivity index (χ4n) is 3.64. The molecule has 0 aliphatic heterocycles. The van der Waals surface area contributed by atoms with Crippen LogP contribution in [0.3, 0.4) is 0 Å². The van der Waals surface area contributed by atoms with Crippen LogP contribution >= 0.6 is 24.8 Å². The lowest BCUT2D eigenvalue weighted by Gasteiger charge is -2.30. The molecule has 2 fully saturated rings. The van der Waals surface area contributed by atoms with Crippen LogP contribution in [0.1, 0.15) is 51.4 Å². The van der Waals surface area contributed by atoms with Crippen molar-refractivity contribution in [1.82, 2.24) is 21.3 Å². The third-order valence-corrected chi connectivity index (χ3v) is 5.02. The van der Waals surface area contributed by atoms with E-state index >= 15 is 0 Å². The molecule has 4 nitrogen and oxygen atoms in total. The highest BCUT2D eigenvalue weighted by atomic mass is 35.5. The summed E-state index contributed by atoms with van der Waals surface area (Å²) in [5.41, 5.74) is 0. The Bertz CT molecular complexity index is 196. The number of halogens is 2. The Morgan fingerprint density at radius 2 is 0.636 bits per heavy atom. The van der Waals surface area contributed by atoms with E-state index < -0.39 is 0 Å². The Hall–Kier alpha value is 0.420. The van der Waals surface area contributed by atoms with Gasteiger partial charge in [-0.25, -0.2) is 0 Å². The van der Waals surface area contributed by atoms with Crippen LogP contribution < -0.4 is 21.3 Å². The zero-order valence-corrected chi connectivity index (χ0v) is 16.4. The van der Waals surface area contributed by atoms with Gasteiger partial charge in [-0.2, -0.15) is 0 Å². The molecule has 2 aliphatic carbocycles. The molecule has 0 aromatic heterocycles. The minimum absolute atomic E-state index is 0. The summed E-state index contributed by atoms with van der Waals surface area (Å²) in [6, 6.07) is 2.83. The monoisotopic (exact) mass is 356 g/mol. The molecular formula is C16H38Cl2N4. The van der Waals surface area contributed by atoms with E-state index in [0.29, 0.717) is 24.2 Å². The van der Waals surface area contributed by atoms with Gasteiger partial charge in [0.1, 0.15) is 0 Å². The molecule has 2 aliphatic rings. The molecule has 0 heterocycles. The van der Waals surface area contributed by atoms with E-state index in [1.165, 1.54) is 51.4 Å². The van der Waals surface area contributed by atoms with Crippen LogP contribution in [0.4, 0.5) is 0 Å². The molecule has 2 saturated carbocycles. The highest BCUT2D eigenvalue weighted by molar-refractivity contribution is 5.85. The van der Waals surface area contributed by atoms with Gasteiger partial charge in [-0.05, 0) is 53.9 Å². The standard InChI is InChI=1S/2C8H18N2.2ClH/c2*1-9-7-5-3-4-6-8(7)10-2;;/h2*7-10H,3-6H2,1-2H3;2*1H/t2*7-,8-;;/m10../s1. The molecule has 0 amide bonds. The number of nitrogens with one attached hydrogen (secondary N) is 4. The van der Waals surface area contributed by atoms with Crippen LogP contribution in [0.2, 0.25) is 0 Å². The molecule has 2 rings (SSSR count). The second-order valence-corrected chi connectivity index (χ2v) is 6.15. The van der Waals surface area contributed by atoms with Crippen LogP contribution in [-0.2, 0) is 0 Å². The summed E-state index contributed by atoms with van der Waals surface area (Å²) in [4.78, 5) is 0. The van der Waals surface area contributed by atoms with Crippen molar-refractivity contribution in [3.8, 4) is 0 Å². The predicted octanol–water partition coefficient (Wildman–Crippen LogP) is 2.32. The third kappa shape index (κ3) is 8.32. The molecule has 0 unspecified atom stereocenters. The number of rotatable bonds is 4. The van der Waals surface area contributed by atoms with Gasteiger partial charge in [0, 0.05) is 24.2 Å². The van der Waals surface area contributed by atoms with Crippen molar-refractivity contribution in [3.63, 3.8) is 0 Å². The lowest BCUT2D eigenvalue weighted by atomic mass is 9.91. The Balaban J connectivity index is 0. The first kappa shape index (κ1) is 24.7. The van der Waals surface area contributed by atoms with Crippen molar-refractivity contribution >= 4 is 24.8 Å². The lowest BCUT2D eigenvalue weighted by Crippen LogP contribution is -2.47. The van der Waals surface area contributed by atoms with Gasteiger partial charge in [-0.3, -0.25) is 0 Å². The van der Waals surface area contributed by atoms with E-state index in [2.05, 4.69) is 49.5 Å². The maximum Gasteiger partial charge on any atom is 0.0218 e. The molecular weight excluding hydrogens is 319 g/mol. The largest absolute Gasteiger partial charge is 0.315 e. The molecule has 0 aromatic carbocycles. The van der Waals surface area contributed by atoms with Gasteiger partial charge in [0.2, 0.25) is 0 Å². The third-order valence-electron chi connectivity index (χ3n) is 5.02. The average molecular weight is 357 g/mol. The van der Waals surface area contributed by atoms with Gasteiger partial charge in [0.25, 0.3) is 0 Å². The Kier molecular flexibility index (Phi) is 16.8. The van der Waals surface area contributed by atoms with E-state index in [-0.39, 0.29) is 24.8 Å². The van der Waals surface area contributed by atoms with Gasteiger partial charge < -0.3 is 21.3 Å². The summed E-state index contributed by atoms with van der Waals surface area (Å²) in [7, 11) is 8.22. The Morgan fingerprint density at radius 1 is 0.455 bits per heavy atom. The molecule has 0 radical (unpaired) electrons. The van der Waals surface area contributed by atoms with Gasteiger partial charge in [0.05, 0.1) is 0 Å². The zero-order chi connectivity index (χ0) is 14.8. The normalized spacial score (nSPS) is 31.1. The molecule has 0 aromatic rings. The van der Waals surface area contributed by atoms with Gasteiger partial charge >= 0.3 is 0 Å². The van der Waals surface area contributed by atoms with Crippen molar-refractivity contribution in [2.24, 2.45) is 0 Å². The van der Waals surface area contributed by atoms with Crippen molar-refractivity contribution in [3.05, 3.63) is 0 Å². The lowest BCUT2D eigenvalue weighted by molar-refractivity contribution is 0.309. The minimum Gasteiger partial charge on any atom is -0.315 e. The van der Waals surface area contributed by atoms with Crippen LogP contribution in [-0.4, -0.2) is 52.4 Å². The maximum absolute atomic E-state index is 3.34. The summed E-state index contributed by atoms with van der Waals surface area (Å²) in [5.74, 6) is 0. The molecule has 4 atom stereocenters. The number of likely N-dealkylation sites (N-methyl/N-ethyl adjacent to an activating group) is 4. The molecule has 6 heteroatoms. The van der Waals surface area contributed by atoms with E-state index in [0.717, 1.165) is 0 Å². The van der Waals surface area contributed by atoms with Crippen molar-refractivity contribution < 1.29 is 0 Å². The van der Waals surface area contributed by atoms with E-state index in [1.807, 2.05) is 0 Å². The van der Waals surface area contributed by atoms with Crippen molar-refractivity contribution in [2.75, 3.05) is 28.2 Å². The summed E-state index contributed by atoms with van der Waals surface area (Å²) in [6.07, 6.45) is 10.9. The smallest absolute Gasteiger partial charge is 0.0218 e. The van der Waals surface area contributed by atoms with Gasteiger partial charge in [-0.1, -0.05) is 25.7 Å². The Labute approximate surface area is 150 Å². The fourth-order valence-corrected chi connectivity index (χ4v) is 3.64. The summed E-state index contributed by atoms with van der Waals surface area (Å²) < 4.78 is 0. The summed E-state index contributed by atoms with van der Waals surface area (Å²) in [5, 5.41) is 13.4. The summed E-state index contributed by atoms with van der Waals surface area (Å²) in [6.45, 7) is 0. The first-order chi connectivity index (χ1) is 9.76. The van der Waals surface area contributed by atoms with Crippen LogP contribution in [0.5, 0.6) is 0 Å². The SMILES string of the molecule is CN[C@@H]1CCCC[C@H]1NC.CN[C@H]1CCCC[C@@H]1NC.Cl.Cl. The fraction of sp³-hybridized carbons (Fsp3) is 1.00. The molecule has 0 saturated heterocycles. The van der Waals surface area contributed by atoms with Crippen molar-refractivity contribution in [1.29, 1.82) is 0 Å². The zero-order valence-electron chi connectivity index (χ0n) is 14.8. The topological polar surface area (TPSA) is 48.1 Å². The summed E-state index contributed by atoms with van der Waals surface area (Å²) >= 11 is 0. The molecule has 136 valence electrons. The number of hydrogen-bond donors (Lipinski definition) is 4. The van der Waals surface area contributed by atoms with Crippen molar-refractivity contribution in [2.45, 2.75) is 75.5 Å². The highest BCUT2D eigenvalue weighted by Crippen LogP contribution is 2.18. The molecule has 22 heavy (non-hydrogen) atoms. The van der Waals surface area contributed by atoms with Gasteiger partial charge in [0.15, 0.2) is 0 Å². The van der Waals surface area contributed by atoms with E-state index in [4.69, 9.17) is 0 Å². The highest BCUT2D eigenvalue weighted by Gasteiger charge is 2.21. The predicted molar refractivity (Wildman–Crippen MR) is 103 cm³/mol. The molecule has 0 bridgehead atoms. The average Bonchev–Trinajstić information content (AvgIpc) is 2.55. The van der Waals surface area contributed by atoms with Gasteiger partial charge in [-0.15, -0.1) is 24.8 Å². The second kappa shape index (κ2) is 15.0. The number of hydrogen-bond acceptors (Lipinski definition) is 4. The first-order valence-corrected chi connectivity index (χ1v) is 8.45. The van der Waals surface area contributed by atoms with E-state index in [9.17, 15) is 0 Å². The Morgan fingerprint density at radius 3 is 0.773 bits per heavy atom. The molecule has 4 N–H and O–H groups in total.